The van der Waals surface area contributed by atoms with Crippen LogP contribution in [-0.4, -0.2) is 36.7 Å². The molecule has 1 aliphatic rings. The van der Waals surface area contributed by atoms with E-state index in [-0.39, 0.29) is 18.3 Å². The van der Waals surface area contributed by atoms with Crippen molar-refractivity contribution >= 4 is 9.84 Å². The van der Waals surface area contributed by atoms with Gasteiger partial charge in [0.25, 0.3) is 0 Å². The van der Waals surface area contributed by atoms with Crippen molar-refractivity contribution in [1.82, 2.24) is 0 Å². The van der Waals surface area contributed by atoms with Gasteiger partial charge in [-0.15, -0.1) is 0 Å². The molecular formula is C13H19NO3S. The molecule has 1 fully saturated rings. The quantitative estimate of drug-likeness (QED) is 0.838. The third-order valence-electron chi connectivity index (χ3n) is 3.80. The second-order valence-corrected chi connectivity index (χ2v) is 7.44. The van der Waals surface area contributed by atoms with E-state index in [9.17, 15) is 13.5 Å². The minimum absolute atomic E-state index is 0.0545. The lowest BCUT2D eigenvalue weighted by Crippen LogP contribution is -2.35. The molecule has 0 aromatic heterocycles. The second kappa shape index (κ2) is 4.33. The number of benzene rings is 1. The van der Waals surface area contributed by atoms with Crippen LogP contribution in [-0.2, 0) is 9.84 Å². The summed E-state index contributed by atoms with van der Waals surface area (Å²) in [6.45, 7) is 3.27. The summed E-state index contributed by atoms with van der Waals surface area (Å²) < 4.78 is 24.0. The number of nitrogens with two attached hydrogens (primary N) is 1. The third kappa shape index (κ3) is 1.96. The molecule has 0 heterocycles. The Morgan fingerprint density at radius 2 is 1.89 bits per heavy atom. The Balaban J connectivity index is 2.37. The van der Waals surface area contributed by atoms with Crippen LogP contribution in [0, 0.1) is 6.92 Å². The zero-order valence-electron chi connectivity index (χ0n) is 10.6. The van der Waals surface area contributed by atoms with Crippen molar-refractivity contribution in [3.8, 4) is 0 Å². The van der Waals surface area contributed by atoms with E-state index < -0.39 is 20.6 Å². The summed E-state index contributed by atoms with van der Waals surface area (Å²) in [7, 11) is -3.24. The molecule has 1 aromatic carbocycles. The summed E-state index contributed by atoms with van der Waals surface area (Å²) in [6, 6.07) is 7.65. The van der Waals surface area contributed by atoms with Crippen molar-refractivity contribution in [2.24, 2.45) is 5.73 Å². The van der Waals surface area contributed by atoms with Gasteiger partial charge in [0.15, 0.2) is 9.84 Å². The molecule has 4 nitrogen and oxygen atoms in total. The summed E-state index contributed by atoms with van der Waals surface area (Å²) >= 11 is 0. The average molecular weight is 269 g/mol. The van der Waals surface area contributed by atoms with Gasteiger partial charge in [-0.3, -0.25) is 0 Å². The molecule has 1 aliphatic carbocycles. The Labute approximate surface area is 108 Å². The van der Waals surface area contributed by atoms with E-state index in [1.807, 2.05) is 31.2 Å². The number of hydrogen-bond donors (Lipinski definition) is 2. The van der Waals surface area contributed by atoms with Crippen molar-refractivity contribution in [2.75, 3.05) is 12.4 Å². The predicted octanol–water partition coefficient (Wildman–Crippen LogP) is 0.585. The van der Waals surface area contributed by atoms with E-state index >= 15 is 0 Å². The van der Waals surface area contributed by atoms with Gasteiger partial charge in [-0.05, 0) is 12.5 Å². The molecule has 100 valence electrons. The smallest absolute Gasteiger partial charge is 0.155 e. The lowest BCUT2D eigenvalue weighted by Gasteiger charge is -2.07. The van der Waals surface area contributed by atoms with Crippen molar-refractivity contribution in [3.05, 3.63) is 35.4 Å². The standard InChI is InChI=1S/C13H19NO3S/c1-3-18(16,17)12-11(13(12,14)8-15)10-6-4-9(2)5-7-10/h4-7,11-12,15H,3,8,14H2,1-2H3. The molecule has 0 amide bonds. The number of aryl methyl sites for hydroxylation is 1. The molecule has 0 spiro atoms. The average Bonchev–Trinajstić information content (AvgIpc) is 2.98. The van der Waals surface area contributed by atoms with Crippen LogP contribution >= 0.6 is 0 Å². The van der Waals surface area contributed by atoms with Gasteiger partial charge < -0.3 is 10.8 Å². The van der Waals surface area contributed by atoms with Crippen LogP contribution in [0.25, 0.3) is 0 Å². The van der Waals surface area contributed by atoms with Gasteiger partial charge in [-0.2, -0.15) is 0 Å². The van der Waals surface area contributed by atoms with Crippen LogP contribution in [0.1, 0.15) is 24.0 Å². The van der Waals surface area contributed by atoms with Gasteiger partial charge in [0.1, 0.15) is 0 Å². The highest BCUT2D eigenvalue weighted by molar-refractivity contribution is 7.92. The molecule has 0 aliphatic heterocycles. The van der Waals surface area contributed by atoms with E-state index in [0.29, 0.717) is 0 Å². The first-order valence-corrected chi connectivity index (χ1v) is 7.76. The minimum atomic E-state index is -3.24. The third-order valence-corrected chi connectivity index (χ3v) is 6.09. The Morgan fingerprint density at radius 1 is 1.33 bits per heavy atom. The summed E-state index contributed by atoms with van der Waals surface area (Å²) in [5, 5.41) is 8.73. The van der Waals surface area contributed by atoms with Crippen LogP contribution < -0.4 is 5.73 Å². The number of aliphatic hydroxyl groups is 1. The summed E-state index contributed by atoms with van der Waals surface area (Å²) in [6.07, 6.45) is 0. The number of hydrogen-bond acceptors (Lipinski definition) is 4. The van der Waals surface area contributed by atoms with Crippen LogP contribution in [0.5, 0.6) is 0 Å². The minimum Gasteiger partial charge on any atom is -0.394 e. The zero-order valence-corrected chi connectivity index (χ0v) is 11.4. The number of rotatable bonds is 4. The fourth-order valence-electron chi connectivity index (χ4n) is 2.59. The predicted molar refractivity (Wildman–Crippen MR) is 71.2 cm³/mol. The maximum atomic E-state index is 12.0. The molecule has 3 atom stereocenters. The molecule has 1 saturated carbocycles. The maximum Gasteiger partial charge on any atom is 0.155 e. The molecule has 1 aromatic rings. The van der Waals surface area contributed by atoms with Crippen molar-refractivity contribution in [1.29, 1.82) is 0 Å². The van der Waals surface area contributed by atoms with Gasteiger partial charge in [0.2, 0.25) is 0 Å². The van der Waals surface area contributed by atoms with Gasteiger partial charge in [0, 0.05) is 11.7 Å². The largest absolute Gasteiger partial charge is 0.394 e. The van der Waals surface area contributed by atoms with E-state index in [0.717, 1.165) is 11.1 Å². The van der Waals surface area contributed by atoms with Crippen LogP contribution in [0.2, 0.25) is 0 Å². The van der Waals surface area contributed by atoms with Gasteiger partial charge in [-0.25, -0.2) is 8.42 Å². The highest BCUT2D eigenvalue weighted by Crippen LogP contribution is 2.53. The first kappa shape index (κ1) is 13.5. The fraction of sp³-hybridized carbons (Fsp3) is 0.538. The lowest BCUT2D eigenvalue weighted by atomic mass is 10.1. The molecule has 5 heteroatoms. The van der Waals surface area contributed by atoms with E-state index in [4.69, 9.17) is 5.73 Å². The zero-order chi connectivity index (χ0) is 13.6. The van der Waals surface area contributed by atoms with E-state index in [1.54, 1.807) is 6.92 Å². The van der Waals surface area contributed by atoms with Crippen molar-refractivity contribution in [3.63, 3.8) is 0 Å². The Kier molecular flexibility index (Phi) is 3.25. The molecule has 2 rings (SSSR count). The molecule has 0 bridgehead atoms. The fourth-order valence-corrected chi connectivity index (χ4v) is 4.59. The first-order valence-electron chi connectivity index (χ1n) is 6.04. The van der Waals surface area contributed by atoms with Crippen molar-refractivity contribution < 1.29 is 13.5 Å². The lowest BCUT2D eigenvalue weighted by molar-refractivity contribution is 0.253. The van der Waals surface area contributed by atoms with E-state index in [2.05, 4.69) is 0 Å². The highest BCUT2D eigenvalue weighted by atomic mass is 32.2. The normalized spacial score (nSPS) is 31.3. The number of sulfone groups is 1. The van der Waals surface area contributed by atoms with Gasteiger partial charge in [0.05, 0.1) is 17.4 Å². The summed E-state index contributed by atoms with van der Waals surface area (Å²) in [5.74, 6) is -0.244. The second-order valence-electron chi connectivity index (χ2n) is 5.03. The molecule has 3 N–H and O–H groups in total. The maximum absolute atomic E-state index is 12.0. The van der Waals surface area contributed by atoms with Gasteiger partial charge in [-0.1, -0.05) is 36.8 Å². The topological polar surface area (TPSA) is 80.4 Å². The Morgan fingerprint density at radius 3 is 2.33 bits per heavy atom. The SMILES string of the molecule is CCS(=O)(=O)C1C(c2ccc(C)cc2)C1(N)CO. The molecule has 0 radical (unpaired) electrons. The molecule has 0 saturated heterocycles. The number of aliphatic hydroxyl groups excluding tert-OH is 1. The van der Waals surface area contributed by atoms with Crippen LogP contribution in [0.15, 0.2) is 24.3 Å². The summed E-state index contributed by atoms with van der Waals surface area (Å²) in [4.78, 5) is 0. The molecular weight excluding hydrogens is 250 g/mol. The van der Waals surface area contributed by atoms with E-state index in [1.165, 1.54) is 0 Å². The molecule has 3 unspecified atom stereocenters. The van der Waals surface area contributed by atoms with Crippen LogP contribution in [0.4, 0.5) is 0 Å². The summed E-state index contributed by atoms with van der Waals surface area (Å²) in [5.41, 5.74) is 7.01. The first-order chi connectivity index (χ1) is 8.36. The van der Waals surface area contributed by atoms with Crippen LogP contribution in [0.3, 0.4) is 0 Å². The monoisotopic (exact) mass is 269 g/mol. The van der Waals surface area contributed by atoms with Crippen molar-refractivity contribution in [2.45, 2.75) is 30.6 Å². The Bertz CT molecular complexity index is 538. The molecule has 18 heavy (non-hydrogen) atoms. The van der Waals surface area contributed by atoms with Gasteiger partial charge >= 0.3 is 0 Å². The highest BCUT2D eigenvalue weighted by Gasteiger charge is 2.68. The Hall–Kier alpha value is -0.910.